The fourth-order valence-electron chi connectivity index (χ4n) is 15.0. The van der Waals surface area contributed by atoms with Gasteiger partial charge in [-0.25, -0.2) is 0 Å². The highest BCUT2D eigenvalue weighted by Gasteiger charge is 2.70. The van der Waals surface area contributed by atoms with Gasteiger partial charge >= 0.3 is 5.97 Å². The van der Waals surface area contributed by atoms with E-state index in [4.69, 9.17) is 28.4 Å². The Kier molecular flexibility index (Phi) is 13.9. The van der Waals surface area contributed by atoms with Gasteiger partial charge in [-0.2, -0.15) is 0 Å². The summed E-state index contributed by atoms with van der Waals surface area (Å²) in [7, 11) is 0. The highest BCUT2D eigenvalue weighted by molar-refractivity contribution is 5.79. The lowest BCUT2D eigenvalue weighted by atomic mass is 9.33. The van der Waals surface area contributed by atoms with E-state index in [-0.39, 0.29) is 39.4 Å². The minimum atomic E-state index is -1.77. The number of carbonyl (C=O) groups is 1. The Hall–Kier alpha value is -1.43. The van der Waals surface area contributed by atoms with E-state index in [1.807, 2.05) is 0 Å². The maximum absolute atomic E-state index is 14.7. The number of rotatable bonds is 9. The van der Waals surface area contributed by atoms with E-state index in [1.54, 1.807) is 0 Å². The number of hydrogen-bond acceptors (Lipinski definition) is 18. The van der Waals surface area contributed by atoms with Gasteiger partial charge in [0.15, 0.2) is 12.6 Å². The standard InChI is InChI=1S/C48H78O18/c1-43(2)14-16-48(42(60)66-41-36(58)33(55)31(53)25(20-50)62-41)17-15-46(6)22(23(48)18-43)8-9-28-45(5)12-11-29(44(3,4)27(45)10-13-47(28,46)7)64-39-37(59)34(56)38(26(21-51)63-39)65-40-35(57)32(54)30(52)24(19-49)61-40/h8,23-41,49-59H,9-21H2,1-7H3/t23-,24+,25+,26+,27-,28+,29-,30+,31+,32-,33-,34+,35+,36+,37+,38+,39-,40-,41-,45-,46+,47+,48-/m0/s1. The third-order valence-electron chi connectivity index (χ3n) is 19.3. The highest BCUT2D eigenvalue weighted by atomic mass is 16.7. The van der Waals surface area contributed by atoms with Crippen molar-refractivity contribution in [3.05, 3.63) is 11.6 Å². The van der Waals surface area contributed by atoms with Crippen molar-refractivity contribution < 1.29 is 89.4 Å². The van der Waals surface area contributed by atoms with E-state index in [0.29, 0.717) is 19.3 Å². The average Bonchev–Trinajstić information content (AvgIpc) is 3.27. The van der Waals surface area contributed by atoms with E-state index >= 15 is 0 Å². The molecule has 0 aromatic carbocycles. The summed E-state index contributed by atoms with van der Waals surface area (Å²) in [4.78, 5) is 14.7. The molecular weight excluding hydrogens is 865 g/mol. The summed E-state index contributed by atoms with van der Waals surface area (Å²) in [5.41, 5.74) is -0.613. The van der Waals surface area contributed by atoms with Crippen LogP contribution in [0.25, 0.3) is 0 Å². The number of ether oxygens (including phenoxy) is 6. The van der Waals surface area contributed by atoms with Crippen LogP contribution in [0.4, 0.5) is 0 Å². The molecular formula is C48H78O18. The molecule has 0 unspecified atom stereocenters. The first-order chi connectivity index (χ1) is 30.9. The van der Waals surface area contributed by atoms with Crippen LogP contribution < -0.4 is 0 Å². The molecule has 0 spiro atoms. The summed E-state index contributed by atoms with van der Waals surface area (Å²) < 4.78 is 35.6. The maximum atomic E-state index is 14.7. The molecule has 3 saturated heterocycles. The van der Waals surface area contributed by atoms with Crippen LogP contribution in [0.15, 0.2) is 11.6 Å². The lowest BCUT2D eigenvalue weighted by Crippen LogP contribution is -2.67. The summed E-state index contributed by atoms with van der Waals surface area (Å²) in [6.07, 6.45) is -13.5. The van der Waals surface area contributed by atoms with Gasteiger partial charge in [0, 0.05) is 0 Å². The van der Waals surface area contributed by atoms with E-state index < -0.39 is 135 Å². The summed E-state index contributed by atoms with van der Waals surface area (Å²) in [5, 5.41) is 115. The quantitative estimate of drug-likeness (QED) is 0.0833. The summed E-state index contributed by atoms with van der Waals surface area (Å²) in [6, 6.07) is 0. The van der Waals surface area contributed by atoms with E-state index in [9.17, 15) is 61.0 Å². The van der Waals surface area contributed by atoms with Gasteiger partial charge in [-0.05, 0) is 109 Å². The van der Waals surface area contributed by atoms with Gasteiger partial charge in [-0.15, -0.1) is 0 Å². The van der Waals surface area contributed by atoms with Crippen molar-refractivity contribution in [2.45, 2.75) is 211 Å². The topological polar surface area (TPSA) is 295 Å². The molecule has 18 heteroatoms. The predicted octanol–water partition coefficient (Wildman–Crippen LogP) is 0.141. The Bertz CT molecular complexity index is 1790. The molecule has 23 atom stereocenters. The molecule has 0 aromatic rings. The van der Waals surface area contributed by atoms with Crippen LogP contribution >= 0.6 is 0 Å². The zero-order valence-electron chi connectivity index (χ0n) is 39.5. The Morgan fingerprint density at radius 3 is 1.77 bits per heavy atom. The molecule has 378 valence electrons. The molecule has 18 nitrogen and oxygen atoms in total. The minimum absolute atomic E-state index is 0.0540. The van der Waals surface area contributed by atoms with Gasteiger partial charge in [-0.3, -0.25) is 4.79 Å². The van der Waals surface area contributed by atoms with Crippen LogP contribution in [-0.2, 0) is 33.2 Å². The fraction of sp³-hybridized carbons (Fsp3) is 0.938. The van der Waals surface area contributed by atoms with Crippen LogP contribution in [0.5, 0.6) is 0 Å². The second-order valence-electron chi connectivity index (χ2n) is 23.5. The number of hydrogen-bond donors (Lipinski definition) is 11. The average molecular weight is 943 g/mol. The van der Waals surface area contributed by atoms with Gasteiger partial charge in [-0.1, -0.05) is 60.1 Å². The first-order valence-electron chi connectivity index (χ1n) is 24.3. The molecule has 7 fully saturated rings. The summed E-state index contributed by atoms with van der Waals surface area (Å²) >= 11 is 0. The zero-order valence-corrected chi connectivity index (χ0v) is 39.5. The Morgan fingerprint density at radius 1 is 0.606 bits per heavy atom. The number of carbonyl (C=O) groups excluding carboxylic acids is 1. The van der Waals surface area contributed by atoms with Crippen molar-refractivity contribution >= 4 is 5.97 Å². The Balaban J connectivity index is 0.998. The van der Waals surface area contributed by atoms with Gasteiger partial charge in [0.05, 0.1) is 31.3 Å². The van der Waals surface area contributed by atoms with Crippen molar-refractivity contribution in [2.24, 2.45) is 50.2 Å². The molecule has 11 N–H and O–H groups in total. The zero-order chi connectivity index (χ0) is 48.3. The lowest BCUT2D eigenvalue weighted by molar-refractivity contribution is -0.368. The van der Waals surface area contributed by atoms with Crippen LogP contribution in [0, 0.1) is 50.2 Å². The molecule has 66 heavy (non-hydrogen) atoms. The monoisotopic (exact) mass is 943 g/mol. The SMILES string of the molecule is CC1(C)CC[C@]2(C(=O)O[C@@H]3O[C@H](CO)[C@@H](O)[C@H](O)[C@H]3O)CC[C@]3(C)C(=CC[C@@H]4[C@@]5(C)CC[C@H](O[C@@H]6O[C@H](CO)[C@@H](O[C@@H]7O[C@H](CO)[C@@H](O)[C@H](O)[C@H]7O)[C@H](O)[C@H]6O)C(C)(C)[C@@H]5CC[C@]43C)[C@@H]2C1. The molecule has 8 rings (SSSR count). The third kappa shape index (κ3) is 7.87. The number of allylic oxidation sites excluding steroid dienone is 2. The van der Waals surface area contributed by atoms with Crippen molar-refractivity contribution in [2.75, 3.05) is 19.8 Å². The molecule has 0 aromatic heterocycles. The molecule has 0 bridgehead atoms. The van der Waals surface area contributed by atoms with Crippen molar-refractivity contribution in [3.8, 4) is 0 Å². The third-order valence-corrected chi connectivity index (χ3v) is 19.3. The van der Waals surface area contributed by atoms with E-state index in [1.165, 1.54) is 5.57 Å². The smallest absolute Gasteiger partial charge is 0.315 e. The van der Waals surface area contributed by atoms with Crippen molar-refractivity contribution in [1.82, 2.24) is 0 Å². The van der Waals surface area contributed by atoms with E-state index in [0.717, 1.165) is 44.9 Å². The van der Waals surface area contributed by atoms with Crippen LogP contribution in [0.1, 0.15) is 113 Å². The largest absolute Gasteiger partial charge is 0.432 e. The number of fused-ring (bicyclic) bond motifs is 7. The van der Waals surface area contributed by atoms with Gasteiger partial charge < -0.3 is 84.6 Å². The number of aliphatic hydroxyl groups excluding tert-OH is 11. The highest BCUT2D eigenvalue weighted by Crippen LogP contribution is 2.76. The molecule has 3 heterocycles. The van der Waals surface area contributed by atoms with Crippen LogP contribution in [0.2, 0.25) is 0 Å². The summed E-state index contributed by atoms with van der Waals surface area (Å²) in [5.74, 6) is -0.157. The van der Waals surface area contributed by atoms with Gasteiger partial charge in [0.25, 0.3) is 0 Å². The first kappa shape index (κ1) is 50.9. The molecule has 8 aliphatic rings. The molecule has 0 radical (unpaired) electrons. The second-order valence-corrected chi connectivity index (χ2v) is 23.5. The maximum Gasteiger partial charge on any atom is 0.315 e. The molecule has 5 aliphatic carbocycles. The van der Waals surface area contributed by atoms with Gasteiger partial charge in [0.2, 0.25) is 6.29 Å². The first-order valence-corrected chi connectivity index (χ1v) is 24.3. The van der Waals surface area contributed by atoms with E-state index in [2.05, 4.69) is 54.5 Å². The normalized spacial score (nSPS) is 53.3. The van der Waals surface area contributed by atoms with Crippen LogP contribution in [-0.4, -0.2) is 180 Å². The predicted molar refractivity (Wildman–Crippen MR) is 230 cm³/mol. The number of aliphatic hydroxyl groups is 11. The number of esters is 1. The molecule has 0 amide bonds. The lowest BCUT2D eigenvalue weighted by Gasteiger charge is -2.71. The Morgan fingerprint density at radius 2 is 1.15 bits per heavy atom. The second kappa shape index (κ2) is 18.0. The molecule has 3 aliphatic heterocycles. The molecule has 4 saturated carbocycles. The van der Waals surface area contributed by atoms with Gasteiger partial charge in [0.1, 0.15) is 73.2 Å². The van der Waals surface area contributed by atoms with Crippen LogP contribution in [0.3, 0.4) is 0 Å². The fourth-order valence-corrected chi connectivity index (χ4v) is 15.0. The van der Waals surface area contributed by atoms with Crippen molar-refractivity contribution in [3.63, 3.8) is 0 Å². The minimum Gasteiger partial charge on any atom is -0.432 e. The summed E-state index contributed by atoms with van der Waals surface area (Å²) in [6.45, 7) is 14.1. The van der Waals surface area contributed by atoms with Crippen molar-refractivity contribution in [1.29, 1.82) is 0 Å². The Labute approximate surface area is 387 Å².